The van der Waals surface area contributed by atoms with Gasteiger partial charge in [0, 0.05) is 6.42 Å². The van der Waals surface area contributed by atoms with Gasteiger partial charge in [-0.25, -0.2) is 4.99 Å². The molecule has 0 fully saturated rings. The number of ether oxygens (including phenoxy) is 1. The maximum Gasteiger partial charge on any atom is 0.188 e. The Morgan fingerprint density at radius 2 is 2.13 bits per heavy atom. The standard InChI is InChI=1S/C12H16N2O/c13-7-6-11-9-15-12(14-11)8-10-4-2-1-3-5-10/h1-5,11H,6-9,13H2. The first-order valence-electron chi connectivity index (χ1n) is 5.32. The number of nitrogens with zero attached hydrogens (tertiary/aromatic N) is 1. The second-order valence-corrected chi connectivity index (χ2v) is 3.73. The average molecular weight is 204 g/mol. The summed E-state index contributed by atoms with van der Waals surface area (Å²) in [7, 11) is 0. The summed E-state index contributed by atoms with van der Waals surface area (Å²) in [6.45, 7) is 1.37. The van der Waals surface area contributed by atoms with Crippen LogP contribution in [0.2, 0.25) is 0 Å². The Bertz CT molecular complexity index is 335. The first-order chi connectivity index (χ1) is 7.38. The van der Waals surface area contributed by atoms with Gasteiger partial charge in [0.1, 0.15) is 6.61 Å². The lowest BCUT2D eigenvalue weighted by Gasteiger charge is -2.00. The smallest absolute Gasteiger partial charge is 0.188 e. The second-order valence-electron chi connectivity index (χ2n) is 3.73. The van der Waals surface area contributed by atoms with Gasteiger partial charge in [-0.2, -0.15) is 0 Å². The van der Waals surface area contributed by atoms with Crippen molar-refractivity contribution >= 4 is 5.90 Å². The maximum atomic E-state index is 5.52. The molecule has 0 aliphatic carbocycles. The summed E-state index contributed by atoms with van der Waals surface area (Å²) in [6.07, 6.45) is 1.71. The molecule has 1 heterocycles. The molecule has 80 valence electrons. The van der Waals surface area contributed by atoms with Crippen LogP contribution in [0.4, 0.5) is 0 Å². The number of hydrogen-bond donors (Lipinski definition) is 1. The number of aliphatic imine (C=N–C) groups is 1. The van der Waals surface area contributed by atoms with Gasteiger partial charge in [-0.05, 0) is 18.5 Å². The van der Waals surface area contributed by atoms with Crippen LogP contribution in [0.25, 0.3) is 0 Å². The van der Waals surface area contributed by atoms with Crippen LogP contribution in [0.5, 0.6) is 0 Å². The van der Waals surface area contributed by atoms with Gasteiger partial charge in [-0.15, -0.1) is 0 Å². The lowest BCUT2D eigenvalue weighted by molar-refractivity contribution is 0.307. The van der Waals surface area contributed by atoms with Crippen LogP contribution in [-0.2, 0) is 11.2 Å². The van der Waals surface area contributed by atoms with Crippen molar-refractivity contribution in [3.8, 4) is 0 Å². The highest BCUT2D eigenvalue weighted by atomic mass is 16.5. The largest absolute Gasteiger partial charge is 0.478 e. The first kappa shape index (κ1) is 10.2. The van der Waals surface area contributed by atoms with E-state index < -0.39 is 0 Å². The van der Waals surface area contributed by atoms with Crippen LogP contribution in [0, 0.1) is 0 Å². The van der Waals surface area contributed by atoms with E-state index in [1.54, 1.807) is 0 Å². The third-order valence-electron chi connectivity index (χ3n) is 2.47. The predicted octanol–water partition coefficient (Wildman–Crippen LogP) is 1.38. The quantitative estimate of drug-likeness (QED) is 0.805. The van der Waals surface area contributed by atoms with E-state index in [0.717, 1.165) is 18.7 Å². The Balaban J connectivity index is 1.94. The van der Waals surface area contributed by atoms with Crippen LogP contribution in [-0.4, -0.2) is 25.1 Å². The van der Waals surface area contributed by atoms with E-state index in [1.807, 2.05) is 18.2 Å². The van der Waals surface area contributed by atoms with E-state index in [-0.39, 0.29) is 6.04 Å². The Morgan fingerprint density at radius 1 is 1.33 bits per heavy atom. The fraction of sp³-hybridized carbons (Fsp3) is 0.417. The fourth-order valence-corrected chi connectivity index (χ4v) is 1.68. The van der Waals surface area contributed by atoms with Crippen molar-refractivity contribution in [3.63, 3.8) is 0 Å². The molecule has 1 aromatic carbocycles. The molecule has 1 atom stereocenters. The van der Waals surface area contributed by atoms with Crippen molar-refractivity contribution < 1.29 is 4.74 Å². The summed E-state index contributed by atoms with van der Waals surface area (Å²) in [5.74, 6) is 0.847. The van der Waals surface area contributed by atoms with Crippen molar-refractivity contribution in [1.82, 2.24) is 0 Å². The topological polar surface area (TPSA) is 47.6 Å². The van der Waals surface area contributed by atoms with Gasteiger partial charge in [-0.1, -0.05) is 30.3 Å². The lowest BCUT2D eigenvalue weighted by atomic mass is 10.1. The van der Waals surface area contributed by atoms with Gasteiger partial charge in [0.25, 0.3) is 0 Å². The SMILES string of the molecule is NCCC1COC(Cc2ccccc2)=N1. The third kappa shape index (κ3) is 2.80. The van der Waals surface area contributed by atoms with E-state index in [1.165, 1.54) is 5.56 Å². The van der Waals surface area contributed by atoms with E-state index in [4.69, 9.17) is 10.5 Å². The highest BCUT2D eigenvalue weighted by Gasteiger charge is 2.17. The Hall–Kier alpha value is -1.35. The number of nitrogens with two attached hydrogens (primary N) is 1. The van der Waals surface area contributed by atoms with Crippen molar-refractivity contribution in [2.24, 2.45) is 10.7 Å². The predicted molar refractivity (Wildman–Crippen MR) is 61.0 cm³/mol. The molecule has 0 spiro atoms. The van der Waals surface area contributed by atoms with Crippen LogP contribution < -0.4 is 5.73 Å². The molecule has 2 rings (SSSR count). The van der Waals surface area contributed by atoms with E-state index in [0.29, 0.717) is 13.2 Å². The monoisotopic (exact) mass is 204 g/mol. The summed E-state index contributed by atoms with van der Waals surface area (Å²) in [5, 5.41) is 0. The normalized spacial score (nSPS) is 19.8. The minimum atomic E-state index is 0.272. The molecule has 2 N–H and O–H groups in total. The summed E-state index contributed by atoms with van der Waals surface area (Å²) in [6, 6.07) is 10.5. The highest BCUT2D eigenvalue weighted by molar-refractivity contribution is 5.80. The summed E-state index contributed by atoms with van der Waals surface area (Å²) in [5.41, 5.74) is 6.72. The number of benzene rings is 1. The molecule has 3 nitrogen and oxygen atoms in total. The zero-order valence-corrected chi connectivity index (χ0v) is 8.73. The zero-order valence-electron chi connectivity index (χ0n) is 8.73. The van der Waals surface area contributed by atoms with Crippen LogP contribution >= 0.6 is 0 Å². The van der Waals surface area contributed by atoms with Gasteiger partial charge in [0.2, 0.25) is 0 Å². The molecule has 0 aromatic heterocycles. The molecule has 0 saturated carbocycles. The van der Waals surface area contributed by atoms with Crippen molar-refractivity contribution in [3.05, 3.63) is 35.9 Å². The summed E-state index contributed by atoms with van der Waals surface area (Å²) in [4.78, 5) is 4.49. The van der Waals surface area contributed by atoms with Gasteiger partial charge < -0.3 is 10.5 Å². The highest BCUT2D eigenvalue weighted by Crippen LogP contribution is 2.11. The minimum Gasteiger partial charge on any atom is -0.478 e. The molecule has 1 aromatic rings. The van der Waals surface area contributed by atoms with E-state index in [2.05, 4.69) is 17.1 Å². The van der Waals surface area contributed by atoms with E-state index >= 15 is 0 Å². The molecule has 1 aliphatic heterocycles. The van der Waals surface area contributed by atoms with Crippen LogP contribution in [0.15, 0.2) is 35.3 Å². The molecular weight excluding hydrogens is 188 g/mol. The van der Waals surface area contributed by atoms with Gasteiger partial charge in [0.15, 0.2) is 5.90 Å². The lowest BCUT2D eigenvalue weighted by Crippen LogP contribution is -2.12. The molecular formula is C12H16N2O. The molecule has 0 radical (unpaired) electrons. The minimum absolute atomic E-state index is 0.272. The maximum absolute atomic E-state index is 5.52. The Labute approximate surface area is 90.0 Å². The van der Waals surface area contributed by atoms with E-state index in [9.17, 15) is 0 Å². The van der Waals surface area contributed by atoms with Gasteiger partial charge in [-0.3, -0.25) is 0 Å². The number of hydrogen-bond acceptors (Lipinski definition) is 3. The third-order valence-corrected chi connectivity index (χ3v) is 2.47. The Morgan fingerprint density at radius 3 is 2.87 bits per heavy atom. The molecule has 3 heteroatoms. The van der Waals surface area contributed by atoms with Crippen molar-refractivity contribution in [2.45, 2.75) is 18.9 Å². The molecule has 0 saturated heterocycles. The first-order valence-corrected chi connectivity index (χ1v) is 5.32. The van der Waals surface area contributed by atoms with Gasteiger partial charge in [0.05, 0.1) is 6.04 Å². The molecule has 1 unspecified atom stereocenters. The Kier molecular flexibility index (Phi) is 3.35. The summed E-state index contributed by atoms with van der Waals surface area (Å²) >= 11 is 0. The van der Waals surface area contributed by atoms with Crippen LogP contribution in [0.1, 0.15) is 12.0 Å². The fourth-order valence-electron chi connectivity index (χ4n) is 1.68. The average Bonchev–Trinajstić information content (AvgIpc) is 2.68. The second kappa shape index (κ2) is 4.94. The molecule has 15 heavy (non-hydrogen) atoms. The molecule has 0 bridgehead atoms. The van der Waals surface area contributed by atoms with Gasteiger partial charge >= 0.3 is 0 Å². The van der Waals surface area contributed by atoms with Crippen molar-refractivity contribution in [2.75, 3.05) is 13.2 Å². The summed E-state index contributed by atoms with van der Waals surface area (Å²) < 4.78 is 5.52. The zero-order chi connectivity index (χ0) is 10.5. The molecule has 1 aliphatic rings. The molecule has 0 amide bonds. The van der Waals surface area contributed by atoms with Crippen LogP contribution in [0.3, 0.4) is 0 Å². The van der Waals surface area contributed by atoms with Crippen molar-refractivity contribution in [1.29, 1.82) is 0 Å². The number of rotatable bonds is 4.